The highest BCUT2D eigenvalue weighted by Crippen LogP contribution is 2.36. The lowest BCUT2D eigenvalue weighted by atomic mass is 9.98. The number of sulfonamides is 1. The van der Waals surface area contributed by atoms with E-state index >= 15 is 0 Å². The van der Waals surface area contributed by atoms with Gasteiger partial charge in [-0.1, -0.05) is 19.1 Å². The number of fused-ring (bicyclic) bond motifs is 1. The molecule has 0 bridgehead atoms. The number of aliphatic hydroxyl groups excluding tert-OH is 1. The summed E-state index contributed by atoms with van der Waals surface area (Å²) in [6.45, 7) is 7.05. The molecule has 2 aromatic rings. The van der Waals surface area contributed by atoms with Gasteiger partial charge in [-0.15, -0.1) is 0 Å². The molecule has 1 aromatic carbocycles. The first kappa shape index (κ1) is 26.0. The molecule has 3 heterocycles. The summed E-state index contributed by atoms with van der Waals surface area (Å²) in [5, 5.41) is 9.84. The van der Waals surface area contributed by atoms with Gasteiger partial charge in [0.15, 0.2) is 0 Å². The number of nitrogens with zero attached hydrogens (tertiary/aromatic N) is 3. The molecular weight excluding hydrogens is 466 g/mol. The van der Waals surface area contributed by atoms with Crippen molar-refractivity contribution in [2.24, 2.45) is 11.8 Å². The van der Waals surface area contributed by atoms with E-state index in [0.29, 0.717) is 18.2 Å². The van der Waals surface area contributed by atoms with Gasteiger partial charge in [-0.2, -0.15) is 4.31 Å². The van der Waals surface area contributed by atoms with Crippen LogP contribution in [0.25, 0.3) is 11.1 Å². The van der Waals surface area contributed by atoms with Crippen molar-refractivity contribution < 1.29 is 23.0 Å². The van der Waals surface area contributed by atoms with E-state index in [-0.39, 0.29) is 30.1 Å². The lowest BCUT2D eigenvalue weighted by Gasteiger charge is -2.38. The van der Waals surface area contributed by atoms with E-state index < -0.39 is 16.1 Å². The van der Waals surface area contributed by atoms with Crippen LogP contribution in [-0.4, -0.2) is 86.4 Å². The van der Waals surface area contributed by atoms with Crippen molar-refractivity contribution >= 4 is 10.0 Å². The Morgan fingerprint density at radius 2 is 1.97 bits per heavy atom. The Morgan fingerprint density at radius 1 is 1.20 bits per heavy atom. The maximum absolute atomic E-state index is 13.7. The smallest absolute Gasteiger partial charge is 0.247 e. The van der Waals surface area contributed by atoms with E-state index in [2.05, 4.69) is 16.9 Å². The highest BCUT2D eigenvalue weighted by Gasteiger charge is 2.38. The third-order valence-electron chi connectivity index (χ3n) is 7.06. The van der Waals surface area contributed by atoms with E-state index in [1.165, 1.54) is 4.31 Å². The van der Waals surface area contributed by atoms with Crippen molar-refractivity contribution in [1.82, 2.24) is 14.2 Å². The molecule has 1 N–H and O–H groups in total. The third-order valence-corrected chi connectivity index (χ3v) is 9.08. The molecule has 0 spiro atoms. The first-order chi connectivity index (χ1) is 16.8. The minimum Gasteiger partial charge on any atom is -0.487 e. The van der Waals surface area contributed by atoms with Crippen LogP contribution in [0.15, 0.2) is 47.6 Å². The molecule has 9 heteroatoms. The van der Waals surface area contributed by atoms with Gasteiger partial charge in [0.05, 0.1) is 6.61 Å². The fourth-order valence-corrected chi connectivity index (χ4v) is 6.73. The normalized spacial score (nSPS) is 24.3. The number of aromatic nitrogens is 1. The maximum Gasteiger partial charge on any atom is 0.247 e. The van der Waals surface area contributed by atoms with E-state index in [1.807, 2.05) is 19.1 Å². The number of rotatable bonds is 7. The minimum absolute atomic E-state index is 0.0777. The fraction of sp³-hybridized carbons (Fsp3) is 0.577. The zero-order chi connectivity index (χ0) is 25.0. The van der Waals surface area contributed by atoms with E-state index in [9.17, 15) is 13.5 Å². The van der Waals surface area contributed by atoms with Gasteiger partial charge in [0, 0.05) is 62.8 Å². The first-order valence-electron chi connectivity index (χ1n) is 12.4. The average Bonchev–Trinajstić information content (AvgIpc) is 2.86. The predicted molar refractivity (Wildman–Crippen MR) is 135 cm³/mol. The molecule has 2 aliphatic heterocycles. The number of ether oxygens (including phenoxy) is 2. The van der Waals surface area contributed by atoms with Crippen molar-refractivity contribution in [1.29, 1.82) is 0 Å². The van der Waals surface area contributed by atoms with Crippen molar-refractivity contribution in [3.05, 3.63) is 42.7 Å². The Labute approximate surface area is 208 Å². The quantitative estimate of drug-likeness (QED) is 0.621. The van der Waals surface area contributed by atoms with Gasteiger partial charge in [0.1, 0.15) is 16.7 Å². The predicted octanol–water partition coefficient (Wildman–Crippen LogP) is 2.88. The molecule has 0 unspecified atom stereocenters. The second kappa shape index (κ2) is 11.3. The SMILES string of the molecule is C[C@H]1CN([C@@H](C)CO)S(=O)(=O)c2ccc(-c3cccnc3)cc2O[C@@H]1CN(C)CC1CCOCC1. The molecule has 2 aliphatic rings. The van der Waals surface area contributed by atoms with Crippen LogP contribution in [0.1, 0.15) is 26.7 Å². The summed E-state index contributed by atoms with van der Waals surface area (Å²) in [7, 11) is -1.76. The largest absolute Gasteiger partial charge is 0.487 e. The van der Waals surface area contributed by atoms with Gasteiger partial charge in [-0.25, -0.2) is 8.42 Å². The molecule has 1 aromatic heterocycles. The zero-order valence-electron chi connectivity index (χ0n) is 20.8. The van der Waals surface area contributed by atoms with Crippen LogP contribution in [0.2, 0.25) is 0 Å². The Balaban J connectivity index is 1.67. The summed E-state index contributed by atoms with van der Waals surface area (Å²) < 4.78 is 40.8. The van der Waals surface area contributed by atoms with Gasteiger partial charge >= 0.3 is 0 Å². The molecule has 0 radical (unpaired) electrons. The standard InChI is InChI=1S/C26H37N3O5S/c1-19-15-29(20(2)18-30)35(31,32)26-7-6-22(23-5-4-10-27-14-23)13-24(26)34-25(19)17-28(3)16-21-8-11-33-12-9-21/h4-7,10,13-14,19-21,25,30H,8-9,11-12,15-18H2,1-3H3/t19-,20-,25+/m0/s1. The van der Waals surface area contributed by atoms with Gasteiger partial charge < -0.3 is 19.5 Å². The molecule has 35 heavy (non-hydrogen) atoms. The van der Waals surface area contributed by atoms with Crippen LogP contribution in [0.5, 0.6) is 5.75 Å². The highest BCUT2D eigenvalue weighted by atomic mass is 32.2. The number of hydrogen-bond acceptors (Lipinski definition) is 7. The lowest BCUT2D eigenvalue weighted by Crippen LogP contribution is -2.50. The van der Waals surface area contributed by atoms with Crippen LogP contribution in [-0.2, 0) is 14.8 Å². The first-order valence-corrected chi connectivity index (χ1v) is 13.8. The Hall–Kier alpha value is -2.04. The fourth-order valence-electron chi connectivity index (χ4n) is 4.91. The number of likely N-dealkylation sites (N-methyl/N-ethyl adjacent to an activating group) is 1. The van der Waals surface area contributed by atoms with Crippen molar-refractivity contribution in [2.75, 3.05) is 46.5 Å². The summed E-state index contributed by atoms with van der Waals surface area (Å²) in [4.78, 5) is 6.62. The van der Waals surface area contributed by atoms with Gasteiger partial charge in [0.25, 0.3) is 0 Å². The topological polar surface area (TPSA) is 92.2 Å². The van der Waals surface area contributed by atoms with Crippen molar-refractivity contribution in [3.63, 3.8) is 0 Å². The van der Waals surface area contributed by atoms with Gasteiger partial charge in [-0.05, 0) is 56.5 Å². The Morgan fingerprint density at radius 3 is 2.66 bits per heavy atom. The summed E-state index contributed by atoms with van der Waals surface area (Å²) in [5.74, 6) is 0.858. The highest BCUT2D eigenvalue weighted by molar-refractivity contribution is 7.89. The summed E-state index contributed by atoms with van der Waals surface area (Å²) in [6, 6.07) is 8.46. The maximum atomic E-state index is 13.7. The third kappa shape index (κ3) is 6.03. The molecule has 0 aliphatic carbocycles. The monoisotopic (exact) mass is 503 g/mol. The molecule has 0 amide bonds. The molecule has 1 fully saturated rings. The number of hydrogen-bond donors (Lipinski definition) is 1. The van der Waals surface area contributed by atoms with Crippen molar-refractivity contribution in [2.45, 2.75) is 43.7 Å². The second-order valence-electron chi connectivity index (χ2n) is 9.92. The molecular formula is C26H37N3O5S. The Bertz CT molecular complexity index is 1080. The summed E-state index contributed by atoms with van der Waals surface area (Å²) >= 11 is 0. The van der Waals surface area contributed by atoms with Crippen LogP contribution in [0.3, 0.4) is 0 Å². The zero-order valence-corrected chi connectivity index (χ0v) is 21.7. The van der Waals surface area contributed by atoms with Gasteiger partial charge in [0.2, 0.25) is 10.0 Å². The molecule has 0 saturated carbocycles. The summed E-state index contributed by atoms with van der Waals surface area (Å²) in [5.41, 5.74) is 1.73. The van der Waals surface area contributed by atoms with Crippen LogP contribution in [0.4, 0.5) is 0 Å². The van der Waals surface area contributed by atoms with E-state index in [1.54, 1.807) is 37.5 Å². The molecule has 192 valence electrons. The summed E-state index contributed by atoms with van der Waals surface area (Å²) in [6.07, 6.45) is 5.36. The van der Waals surface area contributed by atoms with Crippen LogP contribution >= 0.6 is 0 Å². The number of aliphatic hydroxyl groups is 1. The molecule has 8 nitrogen and oxygen atoms in total. The van der Waals surface area contributed by atoms with E-state index in [0.717, 1.165) is 43.7 Å². The van der Waals surface area contributed by atoms with E-state index in [4.69, 9.17) is 9.47 Å². The second-order valence-corrected chi connectivity index (χ2v) is 11.8. The van der Waals surface area contributed by atoms with Crippen LogP contribution < -0.4 is 4.74 Å². The lowest BCUT2D eigenvalue weighted by molar-refractivity contribution is 0.0402. The van der Waals surface area contributed by atoms with Crippen LogP contribution in [0, 0.1) is 11.8 Å². The number of benzene rings is 1. The molecule has 3 atom stereocenters. The molecule has 1 saturated heterocycles. The van der Waals surface area contributed by atoms with Crippen molar-refractivity contribution in [3.8, 4) is 16.9 Å². The minimum atomic E-state index is -3.86. The Kier molecular flexibility index (Phi) is 8.44. The molecule has 4 rings (SSSR count). The van der Waals surface area contributed by atoms with Gasteiger partial charge in [-0.3, -0.25) is 4.98 Å². The average molecular weight is 504 g/mol. The number of pyridine rings is 1.